The molecule has 1 aromatic heterocycles. The minimum absolute atomic E-state index is 0.103. The van der Waals surface area contributed by atoms with E-state index in [1.165, 1.54) is 11.3 Å². The van der Waals surface area contributed by atoms with E-state index < -0.39 is 0 Å². The molecule has 7 heteroatoms. The molecular weight excluding hydrogens is 382 g/mol. The molecule has 3 rings (SSSR count). The summed E-state index contributed by atoms with van der Waals surface area (Å²) in [5, 5.41) is 8.58. The molecule has 0 aliphatic rings. The average Bonchev–Trinajstić information content (AvgIpc) is 3.11. The molecule has 0 fully saturated rings. The Kier molecular flexibility index (Phi) is 6.57. The van der Waals surface area contributed by atoms with Gasteiger partial charge in [-0.1, -0.05) is 54.1 Å². The first-order chi connectivity index (χ1) is 13.1. The second-order valence-corrected chi connectivity index (χ2v) is 7.15. The van der Waals surface area contributed by atoms with E-state index in [4.69, 9.17) is 11.6 Å². The zero-order chi connectivity index (χ0) is 19.1. The number of nitrogens with zero attached hydrogens (tertiary/aromatic N) is 1. The minimum Gasteiger partial charge on any atom is -0.355 e. The van der Waals surface area contributed by atoms with Gasteiger partial charge in [0.2, 0.25) is 11.8 Å². The smallest absolute Gasteiger partial charge is 0.227 e. The molecule has 0 spiro atoms. The Morgan fingerprint density at radius 2 is 1.74 bits per heavy atom. The number of hydrogen-bond donors (Lipinski definition) is 2. The van der Waals surface area contributed by atoms with E-state index in [2.05, 4.69) is 15.6 Å². The standard InChI is InChI=1S/C20H18ClN3O2S/c21-16-8-6-15(7-9-16)17-13-27-20(23-17)24-18(25)10-11-22-19(26)12-14-4-2-1-3-5-14/h1-9,13H,10-12H2,(H,22,26)(H,23,24,25). The van der Waals surface area contributed by atoms with E-state index in [1.54, 1.807) is 12.1 Å². The molecular formula is C20H18ClN3O2S. The summed E-state index contributed by atoms with van der Waals surface area (Å²) < 4.78 is 0. The van der Waals surface area contributed by atoms with Crippen LogP contribution in [0.3, 0.4) is 0 Å². The third kappa shape index (κ3) is 5.91. The Bertz CT molecular complexity index is 910. The summed E-state index contributed by atoms with van der Waals surface area (Å²) in [5.41, 5.74) is 2.66. The lowest BCUT2D eigenvalue weighted by atomic mass is 10.1. The topological polar surface area (TPSA) is 71.1 Å². The van der Waals surface area contributed by atoms with Crippen LogP contribution in [0.2, 0.25) is 5.02 Å². The van der Waals surface area contributed by atoms with Crippen LogP contribution in [-0.2, 0) is 16.0 Å². The van der Waals surface area contributed by atoms with Gasteiger partial charge in [0.1, 0.15) is 0 Å². The second kappa shape index (κ2) is 9.30. The van der Waals surface area contributed by atoms with Crippen LogP contribution in [0.5, 0.6) is 0 Å². The van der Waals surface area contributed by atoms with Crippen LogP contribution in [0, 0.1) is 0 Å². The molecule has 27 heavy (non-hydrogen) atoms. The predicted molar refractivity (Wildman–Crippen MR) is 109 cm³/mol. The maximum atomic E-state index is 12.0. The molecule has 2 N–H and O–H groups in total. The summed E-state index contributed by atoms with van der Waals surface area (Å²) in [6.45, 7) is 0.285. The zero-order valence-electron chi connectivity index (χ0n) is 14.4. The normalized spacial score (nSPS) is 10.4. The number of nitrogens with one attached hydrogen (secondary N) is 2. The number of benzene rings is 2. The Morgan fingerprint density at radius 1 is 1.00 bits per heavy atom. The van der Waals surface area contributed by atoms with Crippen molar-refractivity contribution >= 4 is 39.9 Å². The number of carbonyl (C=O) groups is 2. The molecule has 0 saturated carbocycles. The fraction of sp³-hybridized carbons (Fsp3) is 0.150. The van der Waals surface area contributed by atoms with Crippen LogP contribution < -0.4 is 10.6 Å². The lowest BCUT2D eigenvalue weighted by Crippen LogP contribution is -2.28. The number of aromatic nitrogens is 1. The Labute approximate surface area is 166 Å². The van der Waals surface area contributed by atoms with Crippen molar-refractivity contribution in [3.05, 3.63) is 70.6 Å². The van der Waals surface area contributed by atoms with Crippen molar-refractivity contribution in [3.8, 4) is 11.3 Å². The number of halogens is 1. The molecule has 3 aromatic rings. The monoisotopic (exact) mass is 399 g/mol. The summed E-state index contributed by atoms with van der Waals surface area (Å²) in [6, 6.07) is 16.8. The Morgan fingerprint density at radius 3 is 2.48 bits per heavy atom. The molecule has 0 atom stereocenters. The van der Waals surface area contributed by atoms with Gasteiger partial charge in [0.15, 0.2) is 5.13 Å². The zero-order valence-corrected chi connectivity index (χ0v) is 16.0. The summed E-state index contributed by atoms with van der Waals surface area (Å²) in [6.07, 6.45) is 0.496. The van der Waals surface area contributed by atoms with E-state index in [0.717, 1.165) is 16.8 Å². The fourth-order valence-electron chi connectivity index (χ4n) is 2.43. The first-order valence-electron chi connectivity index (χ1n) is 8.42. The average molecular weight is 400 g/mol. The lowest BCUT2D eigenvalue weighted by Gasteiger charge is -2.05. The van der Waals surface area contributed by atoms with E-state index >= 15 is 0 Å². The van der Waals surface area contributed by atoms with Gasteiger partial charge in [0.05, 0.1) is 12.1 Å². The van der Waals surface area contributed by atoms with Crippen LogP contribution in [0.25, 0.3) is 11.3 Å². The first-order valence-corrected chi connectivity index (χ1v) is 9.68. The first kappa shape index (κ1) is 19.1. The molecule has 0 aliphatic carbocycles. The maximum Gasteiger partial charge on any atom is 0.227 e. The number of amides is 2. The largest absolute Gasteiger partial charge is 0.355 e. The quantitative estimate of drug-likeness (QED) is 0.626. The van der Waals surface area contributed by atoms with Gasteiger partial charge in [-0.2, -0.15) is 0 Å². The highest BCUT2D eigenvalue weighted by Gasteiger charge is 2.09. The number of thiazole rings is 1. The van der Waals surface area contributed by atoms with Crippen LogP contribution >= 0.6 is 22.9 Å². The molecule has 138 valence electrons. The Balaban J connectivity index is 1.43. The van der Waals surface area contributed by atoms with E-state index in [1.807, 2.05) is 47.8 Å². The highest BCUT2D eigenvalue weighted by atomic mass is 35.5. The third-order valence-corrected chi connectivity index (χ3v) is 4.78. The van der Waals surface area contributed by atoms with E-state index in [9.17, 15) is 9.59 Å². The van der Waals surface area contributed by atoms with Gasteiger partial charge in [0.25, 0.3) is 0 Å². The van der Waals surface area contributed by atoms with Gasteiger partial charge < -0.3 is 10.6 Å². The van der Waals surface area contributed by atoms with Crippen LogP contribution in [0.1, 0.15) is 12.0 Å². The summed E-state index contributed by atoms with van der Waals surface area (Å²) >= 11 is 7.24. The number of hydrogen-bond acceptors (Lipinski definition) is 4. The van der Waals surface area contributed by atoms with Gasteiger partial charge in [-0.15, -0.1) is 11.3 Å². The molecule has 2 amide bonds. The highest BCUT2D eigenvalue weighted by molar-refractivity contribution is 7.14. The minimum atomic E-state index is -0.188. The Hall–Kier alpha value is -2.70. The number of rotatable bonds is 7. The molecule has 0 saturated heterocycles. The van der Waals surface area contributed by atoms with Gasteiger partial charge in [-0.25, -0.2) is 4.98 Å². The summed E-state index contributed by atoms with van der Waals surface area (Å²) in [4.78, 5) is 28.3. The van der Waals surface area contributed by atoms with Gasteiger partial charge >= 0.3 is 0 Å². The van der Waals surface area contributed by atoms with Crippen LogP contribution in [0.4, 0.5) is 5.13 Å². The van der Waals surface area contributed by atoms with E-state index in [-0.39, 0.29) is 24.8 Å². The molecule has 0 aliphatic heterocycles. The predicted octanol–water partition coefficient (Wildman–Crippen LogP) is 4.15. The van der Waals surface area contributed by atoms with Crippen molar-refractivity contribution in [1.82, 2.24) is 10.3 Å². The van der Waals surface area contributed by atoms with Crippen LogP contribution in [0.15, 0.2) is 60.0 Å². The molecule has 0 radical (unpaired) electrons. The highest BCUT2D eigenvalue weighted by Crippen LogP contribution is 2.25. The van der Waals surface area contributed by atoms with Crippen molar-refractivity contribution in [2.24, 2.45) is 0 Å². The van der Waals surface area contributed by atoms with Gasteiger partial charge in [-0.3, -0.25) is 9.59 Å². The van der Waals surface area contributed by atoms with Gasteiger partial charge in [0, 0.05) is 28.9 Å². The molecule has 0 unspecified atom stereocenters. The summed E-state index contributed by atoms with van der Waals surface area (Å²) in [7, 11) is 0. The fourth-order valence-corrected chi connectivity index (χ4v) is 3.29. The second-order valence-electron chi connectivity index (χ2n) is 5.86. The number of anilines is 1. The van der Waals surface area contributed by atoms with Crippen molar-refractivity contribution in [1.29, 1.82) is 0 Å². The maximum absolute atomic E-state index is 12.0. The van der Waals surface area contributed by atoms with Crippen molar-refractivity contribution in [2.75, 3.05) is 11.9 Å². The SMILES string of the molecule is O=C(Cc1ccccc1)NCCC(=O)Nc1nc(-c2ccc(Cl)cc2)cs1. The summed E-state index contributed by atoms with van der Waals surface area (Å²) in [5.74, 6) is -0.291. The van der Waals surface area contributed by atoms with Gasteiger partial charge in [-0.05, 0) is 17.7 Å². The van der Waals surface area contributed by atoms with Crippen molar-refractivity contribution in [2.45, 2.75) is 12.8 Å². The molecule has 2 aromatic carbocycles. The lowest BCUT2D eigenvalue weighted by molar-refractivity contribution is -0.120. The molecule has 1 heterocycles. The number of carbonyl (C=O) groups excluding carboxylic acids is 2. The van der Waals surface area contributed by atoms with Crippen LogP contribution in [-0.4, -0.2) is 23.3 Å². The van der Waals surface area contributed by atoms with Crippen molar-refractivity contribution < 1.29 is 9.59 Å². The van der Waals surface area contributed by atoms with E-state index in [0.29, 0.717) is 16.6 Å². The molecule has 0 bridgehead atoms. The molecule has 5 nitrogen and oxygen atoms in total. The van der Waals surface area contributed by atoms with Crippen molar-refractivity contribution in [3.63, 3.8) is 0 Å². The third-order valence-electron chi connectivity index (χ3n) is 3.77.